The number of hydrogen-bond donors (Lipinski definition) is 2. The van der Waals surface area contributed by atoms with Gasteiger partial charge in [0.25, 0.3) is 5.91 Å². The molecule has 2 aromatic carbocycles. The SMILES string of the molecule is Cc1ccc(C(=O)NCc2nc3ccccc3n2CC(=O)NC2CC2)cc1. The molecule has 6 heteroatoms. The number of para-hydroxylation sites is 2. The third-order valence-corrected chi connectivity index (χ3v) is 4.70. The van der Waals surface area contributed by atoms with Crippen molar-refractivity contribution in [3.05, 3.63) is 65.5 Å². The molecule has 6 nitrogen and oxygen atoms in total. The molecule has 0 bridgehead atoms. The van der Waals surface area contributed by atoms with E-state index in [-0.39, 0.29) is 24.9 Å². The van der Waals surface area contributed by atoms with Crippen LogP contribution in [0.1, 0.15) is 34.6 Å². The van der Waals surface area contributed by atoms with Crippen LogP contribution in [0, 0.1) is 6.92 Å². The number of aromatic nitrogens is 2. The maximum atomic E-state index is 12.4. The summed E-state index contributed by atoms with van der Waals surface area (Å²) in [6.07, 6.45) is 2.10. The van der Waals surface area contributed by atoms with Gasteiger partial charge in [0.1, 0.15) is 12.4 Å². The summed E-state index contributed by atoms with van der Waals surface area (Å²) in [7, 11) is 0. The van der Waals surface area contributed by atoms with Crippen LogP contribution in [0.3, 0.4) is 0 Å². The number of aryl methyl sites for hydroxylation is 1. The summed E-state index contributed by atoms with van der Waals surface area (Å²) < 4.78 is 1.88. The highest BCUT2D eigenvalue weighted by atomic mass is 16.2. The normalized spacial score (nSPS) is 13.5. The molecule has 0 unspecified atom stereocenters. The number of nitrogens with one attached hydrogen (secondary N) is 2. The van der Waals surface area contributed by atoms with E-state index in [1.165, 1.54) is 0 Å². The molecule has 2 N–H and O–H groups in total. The number of rotatable bonds is 6. The van der Waals surface area contributed by atoms with Gasteiger partial charge < -0.3 is 15.2 Å². The third-order valence-electron chi connectivity index (χ3n) is 4.70. The molecule has 4 rings (SSSR count). The zero-order valence-electron chi connectivity index (χ0n) is 15.2. The Labute approximate surface area is 157 Å². The Hall–Kier alpha value is -3.15. The van der Waals surface area contributed by atoms with Crippen molar-refractivity contribution >= 4 is 22.8 Å². The van der Waals surface area contributed by atoms with Crippen molar-refractivity contribution in [2.45, 2.75) is 38.9 Å². The largest absolute Gasteiger partial charge is 0.352 e. The maximum absolute atomic E-state index is 12.4. The third kappa shape index (κ3) is 4.00. The first-order chi connectivity index (χ1) is 13.1. The van der Waals surface area contributed by atoms with Gasteiger partial charge in [-0.15, -0.1) is 0 Å². The van der Waals surface area contributed by atoms with Crippen molar-refractivity contribution in [3.63, 3.8) is 0 Å². The minimum absolute atomic E-state index is 0.0215. The smallest absolute Gasteiger partial charge is 0.251 e. The molecule has 0 aliphatic heterocycles. The van der Waals surface area contributed by atoms with Gasteiger partial charge in [0.2, 0.25) is 5.91 Å². The van der Waals surface area contributed by atoms with Crippen molar-refractivity contribution in [1.29, 1.82) is 0 Å². The first-order valence-electron chi connectivity index (χ1n) is 9.18. The van der Waals surface area contributed by atoms with Crippen LogP contribution in [-0.2, 0) is 17.9 Å². The molecule has 1 saturated carbocycles. The lowest BCUT2D eigenvalue weighted by atomic mass is 10.1. The van der Waals surface area contributed by atoms with Crippen molar-refractivity contribution in [2.24, 2.45) is 0 Å². The van der Waals surface area contributed by atoms with Crippen molar-refractivity contribution < 1.29 is 9.59 Å². The molecule has 1 aliphatic carbocycles. The zero-order valence-corrected chi connectivity index (χ0v) is 15.2. The van der Waals surface area contributed by atoms with Crippen LogP contribution in [0.5, 0.6) is 0 Å². The summed E-state index contributed by atoms with van der Waals surface area (Å²) in [6, 6.07) is 15.4. The Morgan fingerprint density at radius 3 is 2.59 bits per heavy atom. The molecule has 1 fully saturated rings. The minimum atomic E-state index is -0.156. The average molecular weight is 362 g/mol. The number of amides is 2. The number of benzene rings is 2. The van der Waals surface area contributed by atoms with Gasteiger partial charge in [-0.05, 0) is 44.0 Å². The van der Waals surface area contributed by atoms with E-state index < -0.39 is 0 Å². The van der Waals surface area contributed by atoms with E-state index >= 15 is 0 Å². The Morgan fingerprint density at radius 2 is 1.85 bits per heavy atom. The standard InChI is InChI=1S/C21H22N4O2/c1-14-6-8-15(9-7-14)21(27)22-12-19-24-17-4-2-3-5-18(17)25(19)13-20(26)23-16-10-11-16/h2-9,16H,10-13H2,1H3,(H,22,27)(H,23,26). The van der Waals surface area contributed by atoms with E-state index in [9.17, 15) is 9.59 Å². The first kappa shape index (κ1) is 17.3. The topological polar surface area (TPSA) is 76.0 Å². The Balaban J connectivity index is 1.53. The summed E-state index contributed by atoms with van der Waals surface area (Å²) in [5.41, 5.74) is 3.42. The fourth-order valence-corrected chi connectivity index (χ4v) is 3.05. The second-order valence-electron chi connectivity index (χ2n) is 6.99. The van der Waals surface area contributed by atoms with E-state index in [4.69, 9.17) is 0 Å². The molecule has 138 valence electrons. The van der Waals surface area contributed by atoms with Gasteiger partial charge in [0.05, 0.1) is 17.6 Å². The van der Waals surface area contributed by atoms with Crippen molar-refractivity contribution in [2.75, 3.05) is 0 Å². The molecule has 1 aliphatic rings. The molecule has 0 atom stereocenters. The fraction of sp³-hybridized carbons (Fsp3) is 0.286. The lowest BCUT2D eigenvalue weighted by Crippen LogP contribution is -2.31. The Bertz CT molecular complexity index is 987. The van der Waals surface area contributed by atoms with Gasteiger partial charge >= 0.3 is 0 Å². The van der Waals surface area contributed by atoms with Crippen LogP contribution in [-0.4, -0.2) is 27.4 Å². The van der Waals surface area contributed by atoms with Crippen LogP contribution in [0.4, 0.5) is 0 Å². The Kier molecular flexibility index (Phi) is 4.62. The van der Waals surface area contributed by atoms with Gasteiger partial charge in [0, 0.05) is 11.6 Å². The highest BCUT2D eigenvalue weighted by Crippen LogP contribution is 2.20. The minimum Gasteiger partial charge on any atom is -0.352 e. The number of fused-ring (bicyclic) bond motifs is 1. The summed E-state index contributed by atoms with van der Waals surface area (Å²) in [5.74, 6) is 0.491. The number of hydrogen-bond acceptors (Lipinski definition) is 3. The van der Waals surface area contributed by atoms with Gasteiger partial charge in [-0.1, -0.05) is 29.8 Å². The predicted molar refractivity (Wildman–Crippen MR) is 103 cm³/mol. The highest BCUT2D eigenvalue weighted by molar-refractivity contribution is 5.94. The Morgan fingerprint density at radius 1 is 1.11 bits per heavy atom. The first-order valence-corrected chi connectivity index (χ1v) is 9.18. The van der Waals surface area contributed by atoms with E-state index in [0.717, 1.165) is 29.4 Å². The molecular weight excluding hydrogens is 340 g/mol. The molecule has 3 aromatic rings. The molecule has 0 spiro atoms. The molecule has 2 amide bonds. The second kappa shape index (κ2) is 7.23. The molecule has 0 saturated heterocycles. The summed E-state index contributed by atoms with van der Waals surface area (Å²) in [4.78, 5) is 29.3. The monoisotopic (exact) mass is 362 g/mol. The lowest BCUT2D eigenvalue weighted by Gasteiger charge is -2.10. The molecule has 0 radical (unpaired) electrons. The number of imidazole rings is 1. The van der Waals surface area contributed by atoms with Crippen molar-refractivity contribution in [3.8, 4) is 0 Å². The predicted octanol–water partition coefficient (Wildman–Crippen LogP) is 2.55. The molecule has 27 heavy (non-hydrogen) atoms. The van der Waals surface area contributed by atoms with Crippen molar-refractivity contribution in [1.82, 2.24) is 20.2 Å². The lowest BCUT2D eigenvalue weighted by molar-refractivity contribution is -0.121. The van der Waals surface area contributed by atoms with E-state index in [2.05, 4.69) is 15.6 Å². The average Bonchev–Trinajstić information content (AvgIpc) is 3.41. The van der Waals surface area contributed by atoms with Gasteiger partial charge in [-0.25, -0.2) is 4.98 Å². The van der Waals surface area contributed by atoms with Gasteiger partial charge in [-0.2, -0.15) is 0 Å². The second-order valence-corrected chi connectivity index (χ2v) is 6.99. The van der Waals surface area contributed by atoms with E-state index in [1.807, 2.05) is 47.9 Å². The number of nitrogens with zero attached hydrogens (tertiary/aromatic N) is 2. The quantitative estimate of drug-likeness (QED) is 0.708. The van der Waals surface area contributed by atoms with Crippen LogP contribution in [0.15, 0.2) is 48.5 Å². The van der Waals surface area contributed by atoms with Crippen LogP contribution >= 0.6 is 0 Å². The molecule has 1 heterocycles. The summed E-state index contributed by atoms with van der Waals surface area (Å²) in [5, 5.41) is 5.91. The molecule has 1 aromatic heterocycles. The summed E-state index contributed by atoms with van der Waals surface area (Å²) in [6.45, 7) is 2.45. The molecular formula is C21H22N4O2. The van der Waals surface area contributed by atoms with Crippen LogP contribution < -0.4 is 10.6 Å². The fourth-order valence-electron chi connectivity index (χ4n) is 3.05. The van der Waals surface area contributed by atoms with Crippen LogP contribution in [0.2, 0.25) is 0 Å². The summed E-state index contributed by atoms with van der Waals surface area (Å²) >= 11 is 0. The maximum Gasteiger partial charge on any atom is 0.251 e. The number of carbonyl (C=O) groups is 2. The van der Waals surface area contributed by atoms with E-state index in [0.29, 0.717) is 17.4 Å². The zero-order chi connectivity index (χ0) is 18.8. The number of carbonyl (C=O) groups excluding carboxylic acids is 2. The van der Waals surface area contributed by atoms with Crippen LogP contribution in [0.25, 0.3) is 11.0 Å². The van der Waals surface area contributed by atoms with E-state index in [1.54, 1.807) is 12.1 Å². The highest BCUT2D eigenvalue weighted by Gasteiger charge is 2.24. The van der Waals surface area contributed by atoms with Gasteiger partial charge in [0.15, 0.2) is 0 Å². The van der Waals surface area contributed by atoms with Gasteiger partial charge in [-0.3, -0.25) is 9.59 Å².